The molecule has 1 aromatic carbocycles. The van der Waals surface area contributed by atoms with Crippen LogP contribution < -0.4 is 9.59 Å². The topological polar surface area (TPSA) is 23.1 Å². The van der Waals surface area contributed by atoms with Gasteiger partial charge in [-0.1, -0.05) is 18.2 Å². The fraction of sp³-hybridized carbons (Fsp3) is 0.538. The summed E-state index contributed by atoms with van der Waals surface area (Å²) in [6, 6.07) is 10.8. The molecular weight excluding hydrogens is 186 g/mol. The van der Waals surface area contributed by atoms with E-state index in [-0.39, 0.29) is 0 Å². The summed E-state index contributed by atoms with van der Waals surface area (Å²) in [5.41, 5.74) is 1.44. The van der Waals surface area contributed by atoms with Crippen molar-refractivity contribution in [3.8, 4) is 0 Å². The summed E-state index contributed by atoms with van der Waals surface area (Å²) in [5.74, 6) is 0. The maximum absolute atomic E-state index is 8.25. The number of hydrogen-bond donors (Lipinski definition) is 0. The predicted molar refractivity (Wildman–Crippen MR) is 65.8 cm³/mol. The standard InChI is InChI=1S/C12H20N.CH3O/c1-4-13(5-2,6-3)12-10-8-7-9-11-12;1-2/h7-11H,4-6H2,1-3H3;1H3/q+1;-1. The van der Waals surface area contributed by atoms with Gasteiger partial charge < -0.3 is 5.11 Å². The Morgan fingerprint density at radius 3 is 1.60 bits per heavy atom. The van der Waals surface area contributed by atoms with Crippen LogP contribution in [0.15, 0.2) is 30.3 Å². The maximum Gasteiger partial charge on any atom is 0.132 e. The molecule has 0 fully saturated rings. The molecule has 0 atom stereocenters. The van der Waals surface area contributed by atoms with E-state index in [9.17, 15) is 0 Å². The summed E-state index contributed by atoms with van der Waals surface area (Å²) in [5, 5.41) is 8.25. The van der Waals surface area contributed by atoms with Gasteiger partial charge in [0.15, 0.2) is 0 Å². The van der Waals surface area contributed by atoms with Gasteiger partial charge in [0.05, 0.1) is 19.6 Å². The third kappa shape index (κ3) is 3.33. The van der Waals surface area contributed by atoms with E-state index in [4.69, 9.17) is 5.11 Å². The first-order valence-electron chi connectivity index (χ1n) is 5.61. The molecule has 0 bridgehead atoms. The zero-order valence-electron chi connectivity index (χ0n) is 10.4. The minimum absolute atomic E-state index is 0.750. The molecule has 86 valence electrons. The number of hydrogen-bond acceptors (Lipinski definition) is 1. The van der Waals surface area contributed by atoms with Gasteiger partial charge in [-0.2, -0.15) is 7.11 Å². The number of rotatable bonds is 4. The van der Waals surface area contributed by atoms with Crippen LogP contribution in [0.25, 0.3) is 0 Å². The van der Waals surface area contributed by atoms with Gasteiger partial charge in [-0.15, -0.1) is 0 Å². The highest BCUT2D eigenvalue weighted by molar-refractivity contribution is 5.42. The van der Waals surface area contributed by atoms with Crippen LogP contribution in [0.1, 0.15) is 20.8 Å². The summed E-state index contributed by atoms with van der Waals surface area (Å²) >= 11 is 0. The zero-order valence-corrected chi connectivity index (χ0v) is 10.4. The molecule has 0 amide bonds. The van der Waals surface area contributed by atoms with E-state index < -0.39 is 0 Å². The minimum Gasteiger partial charge on any atom is -0.857 e. The molecule has 0 N–H and O–H groups in total. The molecule has 0 aromatic heterocycles. The first-order valence-corrected chi connectivity index (χ1v) is 5.61. The highest BCUT2D eigenvalue weighted by Gasteiger charge is 2.23. The maximum atomic E-state index is 8.25. The van der Waals surface area contributed by atoms with Crippen LogP contribution in [-0.4, -0.2) is 26.7 Å². The predicted octanol–water partition coefficient (Wildman–Crippen LogP) is 2.03. The van der Waals surface area contributed by atoms with E-state index >= 15 is 0 Å². The van der Waals surface area contributed by atoms with Crippen LogP contribution in [0.2, 0.25) is 0 Å². The van der Waals surface area contributed by atoms with Crippen molar-refractivity contribution < 1.29 is 5.11 Å². The molecule has 2 nitrogen and oxygen atoms in total. The molecule has 0 saturated heterocycles. The molecule has 0 aliphatic heterocycles. The van der Waals surface area contributed by atoms with Gasteiger partial charge in [0.1, 0.15) is 5.69 Å². The summed E-state index contributed by atoms with van der Waals surface area (Å²) in [6.45, 7) is 10.3. The third-order valence-electron chi connectivity index (χ3n) is 3.12. The van der Waals surface area contributed by atoms with Gasteiger partial charge in [0, 0.05) is 0 Å². The summed E-state index contributed by atoms with van der Waals surface area (Å²) in [6.07, 6.45) is 0. The highest BCUT2D eigenvalue weighted by atomic mass is 16.2. The van der Waals surface area contributed by atoms with Gasteiger partial charge >= 0.3 is 0 Å². The van der Waals surface area contributed by atoms with Crippen molar-refractivity contribution in [1.29, 1.82) is 0 Å². The molecule has 1 aromatic rings. The van der Waals surface area contributed by atoms with Crippen LogP contribution in [0.5, 0.6) is 0 Å². The Morgan fingerprint density at radius 2 is 1.27 bits per heavy atom. The van der Waals surface area contributed by atoms with Crippen molar-refractivity contribution in [3.05, 3.63) is 30.3 Å². The Balaban J connectivity index is 0.000000921. The smallest absolute Gasteiger partial charge is 0.132 e. The SMILES string of the molecule is CC[N+](CC)(CC)c1ccccc1.C[O-]. The molecule has 0 aliphatic rings. The third-order valence-corrected chi connectivity index (χ3v) is 3.12. The number of nitrogens with zero attached hydrogens (tertiary/aromatic N) is 1. The lowest BCUT2D eigenvalue weighted by atomic mass is 10.2. The van der Waals surface area contributed by atoms with Crippen LogP contribution >= 0.6 is 0 Å². The van der Waals surface area contributed by atoms with Crippen LogP contribution in [0.4, 0.5) is 5.69 Å². The van der Waals surface area contributed by atoms with E-state index in [1.165, 1.54) is 25.3 Å². The summed E-state index contributed by atoms with van der Waals surface area (Å²) in [4.78, 5) is 0. The molecule has 1 rings (SSSR count). The molecule has 0 unspecified atom stereocenters. The summed E-state index contributed by atoms with van der Waals surface area (Å²) in [7, 11) is 0.750. The van der Waals surface area contributed by atoms with Crippen LogP contribution in [0.3, 0.4) is 0 Å². The second kappa shape index (κ2) is 7.43. The average Bonchev–Trinajstić information content (AvgIpc) is 2.36. The van der Waals surface area contributed by atoms with E-state index in [0.717, 1.165) is 11.6 Å². The fourth-order valence-corrected chi connectivity index (χ4v) is 1.96. The van der Waals surface area contributed by atoms with Crippen molar-refractivity contribution in [1.82, 2.24) is 4.48 Å². The zero-order chi connectivity index (χ0) is 11.7. The van der Waals surface area contributed by atoms with Gasteiger partial charge in [-0.25, -0.2) is 0 Å². The van der Waals surface area contributed by atoms with Crippen molar-refractivity contribution in [2.45, 2.75) is 20.8 Å². The number of benzene rings is 1. The number of quaternary nitrogens is 1. The molecule has 0 saturated carbocycles. The van der Waals surface area contributed by atoms with E-state index in [2.05, 4.69) is 51.1 Å². The largest absolute Gasteiger partial charge is 0.857 e. The van der Waals surface area contributed by atoms with Gasteiger partial charge in [0.25, 0.3) is 0 Å². The second-order valence-electron chi connectivity index (χ2n) is 3.43. The first kappa shape index (κ1) is 14.1. The average molecular weight is 209 g/mol. The lowest BCUT2D eigenvalue weighted by Crippen LogP contribution is -2.48. The molecule has 0 heterocycles. The Hall–Kier alpha value is -0.860. The molecule has 15 heavy (non-hydrogen) atoms. The van der Waals surface area contributed by atoms with Crippen molar-refractivity contribution in [2.24, 2.45) is 0 Å². The van der Waals surface area contributed by atoms with Gasteiger partial charge in [-0.3, -0.25) is 4.48 Å². The van der Waals surface area contributed by atoms with E-state index in [1.807, 2.05) is 0 Å². The number of para-hydroxylation sites is 1. The first-order chi connectivity index (χ1) is 7.29. The fourth-order valence-electron chi connectivity index (χ4n) is 1.96. The Bertz CT molecular complexity index is 234. The Morgan fingerprint density at radius 1 is 0.867 bits per heavy atom. The van der Waals surface area contributed by atoms with Crippen molar-refractivity contribution in [3.63, 3.8) is 0 Å². The van der Waals surface area contributed by atoms with Gasteiger partial charge in [-0.05, 0) is 32.9 Å². The second-order valence-corrected chi connectivity index (χ2v) is 3.43. The lowest BCUT2D eigenvalue weighted by Gasteiger charge is -2.35. The lowest BCUT2D eigenvalue weighted by molar-refractivity contribution is -0.325. The van der Waals surface area contributed by atoms with Crippen molar-refractivity contribution >= 4 is 5.69 Å². The Labute approximate surface area is 93.8 Å². The quantitative estimate of drug-likeness (QED) is 0.696. The monoisotopic (exact) mass is 209 g/mol. The molecule has 0 aliphatic carbocycles. The van der Waals surface area contributed by atoms with E-state index in [0.29, 0.717) is 0 Å². The van der Waals surface area contributed by atoms with Crippen LogP contribution in [-0.2, 0) is 0 Å². The van der Waals surface area contributed by atoms with Gasteiger partial charge in [0.2, 0.25) is 0 Å². The summed E-state index contributed by atoms with van der Waals surface area (Å²) < 4.78 is 1.10. The minimum atomic E-state index is 0.750. The molecule has 0 radical (unpaired) electrons. The molecular formula is C13H23NO. The Kier molecular flexibility index (Phi) is 7.01. The molecule has 2 heteroatoms. The van der Waals surface area contributed by atoms with E-state index in [1.54, 1.807) is 0 Å². The van der Waals surface area contributed by atoms with Crippen LogP contribution in [0, 0.1) is 0 Å². The highest BCUT2D eigenvalue weighted by Crippen LogP contribution is 2.21. The van der Waals surface area contributed by atoms with Crippen molar-refractivity contribution in [2.75, 3.05) is 26.7 Å². The normalized spacial score (nSPS) is 10.5. The molecule has 0 spiro atoms.